The number of hydrogen-bond acceptors (Lipinski definition) is 4. The molecule has 2 aromatic rings. The van der Waals surface area contributed by atoms with E-state index in [0.29, 0.717) is 31.1 Å². The summed E-state index contributed by atoms with van der Waals surface area (Å²) in [5.74, 6) is -0.0962. The predicted octanol–water partition coefficient (Wildman–Crippen LogP) is 3.22. The van der Waals surface area contributed by atoms with Gasteiger partial charge in [0, 0.05) is 38.1 Å². The number of hydrogen-bond donors (Lipinski definition) is 1. The Kier molecular flexibility index (Phi) is 7.35. The number of urea groups is 1. The molecule has 140 valence electrons. The molecule has 1 N–H and O–H groups in total. The van der Waals surface area contributed by atoms with Gasteiger partial charge in [0.05, 0.1) is 12.3 Å². The number of benzene rings is 1. The van der Waals surface area contributed by atoms with Gasteiger partial charge in [0.1, 0.15) is 11.6 Å². The molecule has 2 amide bonds. The molecule has 1 heterocycles. The molecule has 1 aromatic carbocycles. The highest BCUT2D eigenvalue weighted by Crippen LogP contribution is 2.26. The third-order valence-electron chi connectivity index (χ3n) is 3.69. The van der Waals surface area contributed by atoms with E-state index in [0.717, 1.165) is 12.1 Å². The van der Waals surface area contributed by atoms with E-state index >= 15 is 0 Å². The van der Waals surface area contributed by atoms with Gasteiger partial charge in [-0.15, -0.1) is 0 Å². The van der Waals surface area contributed by atoms with Crippen molar-refractivity contribution in [2.45, 2.75) is 13.5 Å². The number of likely N-dealkylation sites (N-methyl/N-ethyl adjacent to an activating group) is 1. The fourth-order valence-corrected chi connectivity index (χ4v) is 2.35. The van der Waals surface area contributed by atoms with E-state index in [1.165, 1.54) is 18.2 Å². The largest absolute Gasteiger partial charge is 0.492 e. The van der Waals surface area contributed by atoms with Crippen LogP contribution in [0.1, 0.15) is 12.5 Å². The molecule has 0 saturated carbocycles. The zero-order chi connectivity index (χ0) is 18.9. The van der Waals surface area contributed by atoms with Gasteiger partial charge in [-0.3, -0.25) is 4.98 Å². The molecule has 0 aliphatic rings. The summed E-state index contributed by atoms with van der Waals surface area (Å²) in [6.45, 7) is 3.88. The number of carbonyl (C=O) groups excluding carboxylic acids is 1. The van der Waals surface area contributed by atoms with Gasteiger partial charge in [-0.2, -0.15) is 0 Å². The summed E-state index contributed by atoms with van der Waals surface area (Å²) in [5.41, 5.74) is 1.38. The first-order valence-corrected chi connectivity index (χ1v) is 8.51. The maximum absolute atomic E-state index is 13.4. The summed E-state index contributed by atoms with van der Waals surface area (Å²) >= 11 is 0. The first kappa shape index (κ1) is 19.7. The van der Waals surface area contributed by atoms with E-state index in [1.54, 1.807) is 17.3 Å². The van der Waals surface area contributed by atoms with E-state index in [2.05, 4.69) is 10.3 Å². The van der Waals surface area contributed by atoms with E-state index in [4.69, 9.17) is 4.74 Å². The summed E-state index contributed by atoms with van der Waals surface area (Å²) in [6.07, 6.45) is 3.43. The Balaban J connectivity index is 2.15. The number of ether oxygens (including phenoxy) is 1. The van der Waals surface area contributed by atoms with Crippen molar-refractivity contribution in [3.63, 3.8) is 0 Å². The number of amides is 2. The van der Waals surface area contributed by atoms with Crippen LogP contribution in [-0.2, 0) is 6.54 Å². The number of carbonyl (C=O) groups is 1. The lowest BCUT2D eigenvalue weighted by atomic mass is 10.2. The number of rotatable bonds is 8. The van der Waals surface area contributed by atoms with Crippen LogP contribution in [0, 0.1) is 5.82 Å². The van der Waals surface area contributed by atoms with Crippen molar-refractivity contribution < 1.29 is 13.9 Å². The van der Waals surface area contributed by atoms with Crippen LogP contribution < -0.4 is 10.1 Å². The minimum absolute atomic E-state index is 0.275. The maximum atomic E-state index is 13.4. The lowest BCUT2D eigenvalue weighted by molar-refractivity contribution is 0.202. The normalized spacial score (nSPS) is 10.7. The fourth-order valence-electron chi connectivity index (χ4n) is 2.35. The molecule has 0 fully saturated rings. The van der Waals surface area contributed by atoms with Crippen molar-refractivity contribution in [2.24, 2.45) is 0 Å². The van der Waals surface area contributed by atoms with Crippen LogP contribution in [-0.4, -0.2) is 54.6 Å². The van der Waals surface area contributed by atoms with Crippen LogP contribution >= 0.6 is 0 Å². The smallest absolute Gasteiger partial charge is 0.322 e. The monoisotopic (exact) mass is 360 g/mol. The summed E-state index contributed by atoms with van der Waals surface area (Å²) in [5, 5.41) is 2.82. The van der Waals surface area contributed by atoms with Crippen LogP contribution in [0.2, 0.25) is 0 Å². The average molecular weight is 360 g/mol. The highest BCUT2D eigenvalue weighted by Gasteiger charge is 2.17. The Labute approximate surface area is 153 Å². The molecule has 26 heavy (non-hydrogen) atoms. The topological polar surface area (TPSA) is 57.7 Å². The molecule has 0 aliphatic heterocycles. The highest BCUT2D eigenvalue weighted by molar-refractivity contribution is 5.91. The lowest BCUT2D eigenvalue weighted by Gasteiger charge is -2.25. The molecule has 0 bridgehead atoms. The van der Waals surface area contributed by atoms with Crippen LogP contribution in [0.5, 0.6) is 5.75 Å². The van der Waals surface area contributed by atoms with E-state index in [-0.39, 0.29) is 6.03 Å². The lowest BCUT2D eigenvalue weighted by Crippen LogP contribution is -2.39. The fraction of sp³-hybridized carbons (Fsp3) is 0.368. The molecule has 7 heteroatoms. The molecule has 0 spiro atoms. The number of anilines is 1. The number of halogens is 1. The molecular formula is C19H25FN4O2. The van der Waals surface area contributed by atoms with Crippen LogP contribution in [0.4, 0.5) is 14.9 Å². The van der Waals surface area contributed by atoms with Gasteiger partial charge in [-0.05, 0) is 44.8 Å². The van der Waals surface area contributed by atoms with Crippen molar-refractivity contribution in [1.29, 1.82) is 0 Å². The second-order valence-corrected chi connectivity index (χ2v) is 6.09. The minimum atomic E-state index is -0.411. The zero-order valence-corrected chi connectivity index (χ0v) is 15.4. The Morgan fingerprint density at radius 1 is 1.27 bits per heavy atom. The second-order valence-electron chi connectivity index (χ2n) is 6.09. The van der Waals surface area contributed by atoms with Crippen LogP contribution in [0.15, 0.2) is 42.7 Å². The SMILES string of the molecule is CCOc1cc(F)ccc1NC(=O)N(CCN(C)C)Cc1cccnc1. The Hall–Kier alpha value is -2.67. The molecule has 0 atom stereocenters. The van der Waals surface area contributed by atoms with Gasteiger partial charge in [-0.1, -0.05) is 6.07 Å². The molecule has 0 aliphatic carbocycles. The minimum Gasteiger partial charge on any atom is -0.492 e. The summed E-state index contributed by atoms with van der Waals surface area (Å²) in [6, 6.07) is 7.56. The Bertz CT molecular complexity index is 710. The highest BCUT2D eigenvalue weighted by atomic mass is 19.1. The molecule has 6 nitrogen and oxygen atoms in total. The zero-order valence-electron chi connectivity index (χ0n) is 15.4. The second kappa shape index (κ2) is 9.72. The van der Waals surface area contributed by atoms with Gasteiger partial charge in [0.15, 0.2) is 0 Å². The standard InChI is InChI=1S/C19H25FN4O2/c1-4-26-18-12-16(20)7-8-17(18)22-19(25)24(11-10-23(2)3)14-15-6-5-9-21-13-15/h5-9,12-13H,4,10-11,14H2,1-3H3,(H,22,25). The number of nitrogens with one attached hydrogen (secondary N) is 1. The van der Waals surface area contributed by atoms with Crippen LogP contribution in [0.3, 0.4) is 0 Å². The van der Waals surface area contributed by atoms with E-state index in [1.807, 2.05) is 38.1 Å². The van der Waals surface area contributed by atoms with E-state index in [9.17, 15) is 9.18 Å². The maximum Gasteiger partial charge on any atom is 0.322 e. The molecule has 0 saturated heterocycles. The first-order chi connectivity index (χ1) is 12.5. The molecule has 1 aromatic heterocycles. The first-order valence-electron chi connectivity index (χ1n) is 8.51. The summed E-state index contributed by atoms with van der Waals surface area (Å²) in [7, 11) is 3.90. The molecule has 2 rings (SSSR count). The summed E-state index contributed by atoms with van der Waals surface area (Å²) < 4.78 is 18.9. The van der Waals surface area contributed by atoms with E-state index < -0.39 is 5.82 Å². The van der Waals surface area contributed by atoms with Crippen molar-refractivity contribution >= 4 is 11.7 Å². The van der Waals surface area contributed by atoms with Gasteiger partial charge in [0.2, 0.25) is 0 Å². The quantitative estimate of drug-likeness (QED) is 0.785. The molecular weight excluding hydrogens is 335 g/mol. The van der Waals surface area contributed by atoms with Gasteiger partial charge in [0.25, 0.3) is 0 Å². The van der Waals surface area contributed by atoms with Gasteiger partial charge in [-0.25, -0.2) is 9.18 Å². The van der Waals surface area contributed by atoms with Gasteiger partial charge < -0.3 is 19.9 Å². The summed E-state index contributed by atoms with van der Waals surface area (Å²) in [4.78, 5) is 20.6. The predicted molar refractivity (Wildman–Crippen MR) is 99.8 cm³/mol. The van der Waals surface area contributed by atoms with Gasteiger partial charge >= 0.3 is 6.03 Å². The van der Waals surface area contributed by atoms with Crippen molar-refractivity contribution in [2.75, 3.05) is 39.1 Å². The van der Waals surface area contributed by atoms with Crippen molar-refractivity contribution in [3.8, 4) is 5.75 Å². The van der Waals surface area contributed by atoms with Crippen LogP contribution in [0.25, 0.3) is 0 Å². The number of nitrogens with zero attached hydrogens (tertiary/aromatic N) is 3. The average Bonchev–Trinajstić information content (AvgIpc) is 2.61. The molecule has 0 unspecified atom stereocenters. The van der Waals surface area contributed by atoms with Crippen molar-refractivity contribution in [3.05, 3.63) is 54.1 Å². The Morgan fingerprint density at radius 2 is 2.08 bits per heavy atom. The number of pyridine rings is 1. The molecule has 0 radical (unpaired) electrons. The Morgan fingerprint density at radius 3 is 2.73 bits per heavy atom. The number of aromatic nitrogens is 1. The third-order valence-corrected chi connectivity index (χ3v) is 3.69. The third kappa shape index (κ3) is 6.00. The van der Waals surface area contributed by atoms with Crippen molar-refractivity contribution in [1.82, 2.24) is 14.8 Å².